The second-order valence-electron chi connectivity index (χ2n) is 7.85. The SMILES string of the molecule is NS(=O)(=O)OC[C@H]1C[C@@H](Nc2ncncc2C(=O)c2ccn(Cc3ccc(Br)o3)c2)[C@@H](F)[C@@H]1O. The number of halogens is 2. The first-order valence-electron chi connectivity index (χ1n) is 10.1. The molecule has 0 bridgehead atoms. The molecule has 1 saturated carbocycles. The van der Waals surface area contributed by atoms with E-state index in [1.54, 1.807) is 29.1 Å². The molecule has 1 fully saturated rings. The lowest BCUT2D eigenvalue weighted by Crippen LogP contribution is -2.33. The highest BCUT2D eigenvalue weighted by Gasteiger charge is 2.44. The monoisotopic (exact) mass is 557 g/mol. The second-order valence-corrected chi connectivity index (χ2v) is 9.85. The lowest BCUT2D eigenvalue weighted by atomic mass is 10.1. The van der Waals surface area contributed by atoms with Gasteiger partial charge < -0.3 is 19.4 Å². The number of alkyl halides is 1. The maximum atomic E-state index is 14.7. The van der Waals surface area contributed by atoms with E-state index in [4.69, 9.17) is 9.56 Å². The van der Waals surface area contributed by atoms with Crippen LogP contribution in [0.2, 0.25) is 0 Å². The van der Waals surface area contributed by atoms with Gasteiger partial charge in [-0.1, -0.05) is 0 Å². The van der Waals surface area contributed by atoms with E-state index in [0.717, 1.165) is 0 Å². The first kappa shape index (κ1) is 24.5. The average molecular weight is 558 g/mol. The minimum absolute atomic E-state index is 0.0323. The standard InChI is InChI=1S/C20H21BrFN5O6S/c21-16-2-1-13(33-16)8-27-4-3-11(7-27)18(28)14-6-24-10-25-20(14)26-15-5-12(19(29)17(15)22)9-32-34(23,30)31/h1-4,6-7,10,12,15,17,19,29H,5,8-9H2,(H2,23,30,31)(H,24,25,26)/t12-,15-,17-,19-/m1/s1. The molecule has 3 aromatic heterocycles. The van der Waals surface area contributed by atoms with E-state index >= 15 is 0 Å². The third-order valence-electron chi connectivity index (χ3n) is 5.46. The quantitative estimate of drug-likeness (QED) is 0.332. The van der Waals surface area contributed by atoms with Crippen LogP contribution in [0.1, 0.15) is 28.1 Å². The molecule has 4 N–H and O–H groups in total. The van der Waals surface area contributed by atoms with Crippen LogP contribution in [-0.2, 0) is 21.0 Å². The van der Waals surface area contributed by atoms with Crippen molar-refractivity contribution in [3.05, 3.63) is 64.7 Å². The zero-order chi connectivity index (χ0) is 24.5. The van der Waals surface area contributed by atoms with Crippen molar-refractivity contribution >= 4 is 37.8 Å². The Morgan fingerprint density at radius 2 is 2.21 bits per heavy atom. The maximum Gasteiger partial charge on any atom is 0.333 e. The van der Waals surface area contributed by atoms with Crippen LogP contribution in [0.15, 0.2) is 52.2 Å². The van der Waals surface area contributed by atoms with E-state index in [1.165, 1.54) is 12.5 Å². The van der Waals surface area contributed by atoms with Crippen molar-refractivity contribution in [2.24, 2.45) is 11.1 Å². The summed E-state index contributed by atoms with van der Waals surface area (Å²) >= 11 is 3.24. The Morgan fingerprint density at radius 1 is 1.41 bits per heavy atom. The summed E-state index contributed by atoms with van der Waals surface area (Å²) in [7, 11) is -4.22. The first-order chi connectivity index (χ1) is 16.1. The van der Waals surface area contributed by atoms with E-state index in [-0.39, 0.29) is 23.6 Å². The summed E-state index contributed by atoms with van der Waals surface area (Å²) in [6.45, 7) is -0.0470. The van der Waals surface area contributed by atoms with Gasteiger partial charge in [0.25, 0.3) is 0 Å². The molecule has 1 aliphatic rings. The van der Waals surface area contributed by atoms with Crippen LogP contribution in [-0.4, -0.2) is 58.8 Å². The highest BCUT2D eigenvalue weighted by Crippen LogP contribution is 2.32. The molecule has 0 spiro atoms. The number of aromatic nitrogens is 3. The van der Waals surface area contributed by atoms with Gasteiger partial charge in [0.2, 0.25) is 0 Å². The van der Waals surface area contributed by atoms with E-state index in [0.29, 0.717) is 22.5 Å². The predicted molar refractivity (Wildman–Crippen MR) is 121 cm³/mol. The number of nitrogens with one attached hydrogen (secondary N) is 1. The lowest BCUT2D eigenvalue weighted by Gasteiger charge is -2.18. The third kappa shape index (κ3) is 5.70. The van der Waals surface area contributed by atoms with E-state index in [9.17, 15) is 22.7 Å². The molecule has 0 aliphatic heterocycles. The molecule has 0 saturated heterocycles. The van der Waals surface area contributed by atoms with Crippen molar-refractivity contribution < 1.29 is 31.3 Å². The maximum absolute atomic E-state index is 14.7. The van der Waals surface area contributed by atoms with Crippen molar-refractivity contribution in [2.75, 3.05) is 11.9 Å². The molecule has 182 valence electrons. The normalized spacial score (nSPS) is 22.7. The predicted octanol–water partition coefficient (Wildman–Crippen LogP) is 1.63. The van der Waals surface area contributed by atoms with Gasteiger partial charge in [-0.3, -0.25) is 8.98 Å². The summed E-state index contributed by atoms with van der Waals surface area (Å²) in [5.74, 6) is -0.412. The minimum atomic E-state index is -4.22. The van der Waals surface area contributed by atoms with Gasteiger partial charge in [-0.2, -0.15) is 8.42 Å². The number of anilines is 1. The molecule has 0 amide bonds. The van der Waals surface area contributed by atoms with Gasteiger partial charge >= 0.3 is 10.3 Å². The number of nitrogens with zero attached hydrogens (tertiary/aromatic N) is 3. The van der Waals surface area contributed by atoms with Crippen molar-refractivity contribution in [2.45, 2.75) is 31.3 Å². The Hall–Kier alpha value is -2.65. The molecular formula is C20H21BrFN5O6S. The average Bonchev–Trinajstić information content (AvgIpc) is 3.48. The van der Waals surface area contributed by atoms with E-state index in [1.807, 2.05) is 6.07 Å². The Bertz CT molecular complexity index is 1280. The van der Waals surface area contributed by atoms with Gasteiger partial charge in [0.05, 0.1) is 30.9 Å². The van der Waals surface area contributed by atoms with Crippen LogP contribution in [0.4, 0.5) is 10.2 Å². The van der Waals surface area contributed by atoms with Crippen LogP contribution in [0.25, 0.3) is 0 Å². The van der Waals surface area contributed by atoms with E-state index < -0.39 is 41.1 Å². The summed E-state index contributed by atoms with van der Waals surface area (Å²) in [5, 5.41) is 17.8. The molecule has 34 heavy (non-hydrogen) atoms. The van der Waals surface area contributed by atoms with Crippen LogP contribution in [0, 0.1) is 5.92 Å². The topological polar surface area (TPSA) is 163 Å². The highest BCUT2D eigenvalue weighted by molar-refractivity contribution is 9.10. The second kappa shape index (κ2) is 9.92. The first-order valence-corrected chi connectivity index (χ1v) is 12.4. The molecule has 3 heterocycles. The Morgan fingerprint density at radius 3 is 2.91 bits per heavy atom. The molecule has 14 heteroatoms. The molecule has 0 unspecified atom stereocenters. The number of hydrogen-bond donors (Lipinski definition) is 3. The number of carbonyl (C=O) groups is 1. The van der Waals surface area contributed by atoms with Gasteiger partial charge in [-0.15, -0.1) is 0 Å². The number of furan rings is 1. The number of aliphatic hydroxyl groups is 1. The largest absolute Gasteiger partial charge is 0.452 e. The Balaban J connectivity index is 1.47. The zero-order valence-electron chi connectivity index (χ0n) is 17.5. The summed E-state index contributed by atoms with van der Waals surface area (Å²) in [6, 6.07) is 4.28. The van der Waals surface area contributed by atoms with Crippen molar-refractivity contribution in [1.82, 2.24) is 14.5 Å². The lowest BCUT2D eigenvalue weighted by molar-refractivity contribution is 0.0501. The van der Waals surface area contributed by atoms with Gasteiger partial charge in [-0.05, 0) is 40.5 Å². The fourth-order valence-electron chi connectivity index (χ4n) is 3.81. The molecule has 11 nitrogen and oxygen atoms in total. The molecular weight excluding hydrogens is 537 g/mol. The van der Waals surface area contributed by atoms with Gasteiger partial charge in [0.1, 0.15) is 24.1 Å². The van der Waals surface area contributed by atoms with Crippen molar-refractivity contribution in [1.29, 1.82) is 0 Å². The Kier molecular flexibility index (Phi) is 7.14. The van der Waals surface area contributed by atoms with Crippen LogP contribution < -0.4 is 10.5 Å². The van der Waals surface area contributed by atoms with Crippen molar-refractivity contribution in [3.63, 3.8) is 0 Å². The van der Waals surface area contributed by atoms with E-state index in [2.05, 4.69) is 35.4 Å². The summed E-state index contributed by atoms with van der Waals surface area (Å²) < 4.78 is 49.1. The molecule has 4 rings (SSSR count). The summed E-state index contributed by atoms with van der Waals surface area (Å²) in [6.07, 6.45) is 2.70. The van der Waals surface area contributed by atoms with Crippen LogP contribution in [0.3, 0.4) is 0 Å². The number of aliphatic hydroxyl groups excluding tert-OH is 1. The zero-order valence-corrected chi connectivity index (χ0v) is 19.9. The molecule has 0 aromatic carbocycles. The highest BCUT2D eigenvalue weighted by atomic mass is 79.9. The third-order valence-corrected chi connectivity index (χ3v) is 6.35. The summed E-state index contributed by atoms with van der Waals surface area (Å²) in [5.41, 5.74) is 0.484. The van der Waals surface area contributed by atoms with Gasteiger partial charge in [0.15, 0.2) is 10.5 Å². The fourth-order valence-corrected chi connectivity index (χ4v) is 4.52. The number of nitrogens with two attached hydrogens (primary N) is 1. The van der Waals surface area contributed by atoms with Crippen LogP contribution in [0.5, 0.6) is 0 Å². The van der Waals surface area contributed by atoms with Gasteiger partial charge in [-0.25, -0.2) is 19.5 Å². The number of hydrogen-bond acceptors (Lipinski definition) is 9. The molecule has 4 atom stereocenters. The molecule has 1 aliphatic carbocycles. The molecule has 3 aromatic rings. The van der Waals surface area contributed by atoms with Crippen molar-refractivity contribution in [3.8, 4) is 0 Å². The fraction of sp³-hybridized carbons (Fsp3) is 0.350. The number of ketones is 1. The Labute approximate surface area is 202 Å². The smallest absolute Gasteiger partial charge is 0.333 e. The molecule has 0 radical (unpaired) electrons. The summed E-state index contributed by atoms with van der Waals surface area (Å²) in [4.78, 5) is 21.1. The minimum Gasteiger partial charge on any atom is -0.452 e. The van der Waals surface area contributed by atoms with Crippen LogP contribution >= 0.6 is 15.9 Å². The number of carbonyl (C=O) groups excluding carboxylic acids is 1. The van der Waals surface area contributed by atoms with Gasteiger partial charge in [0, 0.05) is 30.1 Å². The number of rotatable bonds is 9.